The molecule has 3 aliphatic rings. The molecule has 0 aromatic carbocycles. The third kappa shape index (κ3) is 2.13. The molecule has 2 bridgehead atoms. The molecule has 1 aliphatic heterocycles. The standard InChI is InChI=1S/C19H34N2O2/c1-5-23-16(22)15(20)19(21-11-7-6-8-12-21)13-14-9-10-18(19,4)17(14,2)3/h14-15H,5-13,20H2,1-4H3/t14-,15-,18-,19+/m0/s1. The third-order valence-corrected chi connectivity index (χ3v) is 7.92. The van der Waals surface area contributed by atoms with Crippen LogP contribution in [0.3, 0.4) is 0 Å². The van der Waals surface area contributed by atoms with E-state index in [1.165, 1.54) is 32.1 Å². The number of ether oxygens (including phenoxy) is 1. The van der Waals surface area contributed by atoms with E-state index in [1.807, 2.05) is 6.92 Å². The maximum Gasteiger partial charge on any atom is 0.324 e. The second kappa shape index (κ2) is 5.73. The van der Waals surface area contributed by atoms with Gasteiger partial charge in [0.1, 0.15) is 6.04 Å². The molecule has 4 atom stereocenters. The summed E-state index contributed by atoms with van der Waals surface area (Å²) in [6.07, 6.45) is 7.24. The van der Waals surface area contributed by atoms with Crippen molar-refractivity contribution < 1.29 is 9.53 Å². The van der Waals surface area contributed by atoms with Gasteiger partial charge >= 0.3 is 5.97 Å². The molecule has 0 amide bonds. The second-order valence-corrected chi connectivity index (χ2v) is 8.70. The van der Waals surface area contributed by atoms with Crippen LogP contribution in [0.15, 0.2) is 0 Å². The molecule has 4 nitrogen and oxygen atoms in total. The zero-order valence-electron chi connectivity index (χ0n) is 15.4. The van der Waals surface area contributed by atoms with E-state index in [9.17, 15) is 4.79 Å². The van der Waals surface area contributed by atoms with E-state index in [0.29, 0.717) is 12.5 Å². The van der Waals surface area contributed by atoms with E-state index in [1.54, 1.807) is 0 Å². The molecule has 2 saturated carbocycles. The Bertz CT molecular complexity index is 472. The van der Waals surface area contributed by atoms with Gasteiger partial charge < -0.3 is 10.5 Å². The Balaban J connectivity index is 2.03. The smallest absolute Gasteiger partial charge is 0.324 e. The lowest BCUT2D eigenvalue weighted by molar-refractivity contribution is -0.156. The molecule has 2 N–H and O–H groups in total. The first-order chi connectivity index (χ1) is 10.8. The predicted octanol–water partition coefficient (Wildman–Crippen LogP) is 2.95. The number of rotatable bonds is 4. The van der Waals surface area contributed by atoms with Gasteiger partial charge in [-0.05, 0) is 68.9 Å². The molecule has 0 spiro atoms. The molecule has 132 valence electrons. The van der Waals surface area contributed by atoms with Crippen molar-refractivity contribution in [1.82, 2.24) is 4.90 Å². The summed E-state index contributed by atoms with van der Waals surface area (Å²) in [6, 6.07) is -0.532. The van der Waals surface area contributed by atoms with E-state index < -0.39 is 6.04 Å². The largest absolute Gasteiger partial charge is 0.465 e. The van der Waals surface area contributed by atoms with Gasteiger partial charge in [0.2, 0.25) is 0 Å². The Morgan fingerprint density at radius 2 is 1.91 bits per heavy atom. The summed E-state index contributed by atoms with van der Waals surface area (Å²) in [4.78, 5) is 15.2. The highest BCUT2D eigenvalue weighted by atomic mass is 16.5. The summed E-state index contributed by atoms with van der Waals surface area (Å²) in [6.45, 7) is 11.6. The average molecular weight is 322 g/mol. The van der Waals surface area contributed by atoms with Crippen LogP contribution in [0.1, 0.15) is 66.2 Å². The number of carbonyl (C=O) groups is 1. The molecular weight excluding hydrogens is 288 g/mol. The summed E-state index contributed by atoms with van der Waals surface area (Å²) in [5.74, 6) is 0.456. The summed E-state index contributed by atoms with van der Waals surface area (Å²) in [5.41, 5.74) is 6.73. The van der Waals surface area contributed by atoms with Crippen LogP contribution in [0.25, 0.3) is 0 Å². The van der Waals surface area contributed by atoms with Crippen molar-refractivity contribution in [3.8, 4) is 0 Å². The molecule has 0 aromatic heterocycles. The third-order valence-electron chi connectivity index (χ3n) is 7.92. The van der Waals surface area contributed by atoms with Gasteiger partial charge in [-0.15, -0.1) is 0 Å². The molecule has 3 fully saturated rings. The van der Waals surface area contributed by atoms with Crippen LogP contribution in [0.2, 0.25) is 0 Å². The minimum absolute atomic E-state index is 0.0776. The fourth-order valence-corrected chi connectivity index (χ4v) is 6.19. The van der Waals surface area contributed by atoms with Crippen LogP contribution in [0, 0.1) is 16.7 Å². The van der Waals surface area contributed by atoms with Crippen molar-refractivity contribution >= 4 is 5.97 Å². The van der Waals surface area contributed by atoms with E-state index in [2.05, 4.69) is 25.7 Å². The Hall–Kier alpha value is -0.610. The Labute approximate surface area is 141 Å². The molecule has 1 heterocycles. The molecule has 23 heavy (non-hydrogen) atoms. The average Bonchev–Trinajstić information content (AvgIpc) is 2.87. The number of esters is 1. The maximum absolute atomic E-state index is 12.6. The highest BCUT2D eigenvalue weighted by Gasteiger charge is 2.73. The fourth-order valence-electron chi connectivity index (χ4n) is 6.19. The van der Waals surface area contributed by atoms with Gasteiger partial charge in [0.15, 0.2) is 0 Å². The lowest BCUT2D eigenvalue weighted by Crippen LogP contribution is -2.70. The summed E-state index contributed by atoms with van der Waals surface area (Å²) in [7, 11) is 0. The number of nitrogens with zero attached hydrogens (tertiary/aromatic N) is 1. The number of hydrogen-bond acceptors (Lipinski definition) is 4. The quantitative estimate of drug-likeness (QED) is 0.809. The number of nitrogens with two attached hydrogens (primary N) is 1. The van der Waals surface area contributed by atoms with Gasteiger partial charge in [0.05, 0.1) is 12.1 Å². The predicted molar refractivity (Wildman–Crippen MR) is 92.0 cm³/mol. The molecular formula is C19H34N2O2. The lowest BCUT2D eigenvalue weighted by Gasteiger charge is -2.57. The molecule has 3 rings (SSSR count). The number of carbonyl (C=O) groups excluding carboxylic acids is 1. The van der Waals surface area contributed by atoms with Crippen molar-refractivity contribution in [3.63, 3.8) is 0 Å². The van der Waals surface area contributed by atoms with Crippen molar-refractivity contribution in [2.75, 3.05) is 19.7 Å². The van der Waals surface area contributed by atoms with Crippen LogP contribution in [0.4, 0.5) is 0 Å². The number of likely N-dealkylation sites (tertiary alicyclic amines) is 1. The normalized spacial score (nSPS) is 41.0. The van der Waals surface area contributed by atoms with E-state index >= 15 is 0 Å². The first-order valence-corrected chi connectivity index (χ1v) is 9.48. The summed E-state index contributed by atoms with van der Waals surface area (Å²) < 4.78 is 5.36. The van der Waals surface area contributed by atoms with Crippen molar-refractivity contribution in [1.29, 1.82) is 0 Å². The minimum Gasteiger partial charge on any atom is -0.465 e. The maximum atomic E-state index is 12.6. The molecule has 2 aliphatic carbocycles. The SMILES string of the molecule is CCOC(=O)[C@H](N)[C@]1(N2CCCCC2)C[C@@H]2CC[C@@]1(C)C2(C)C. The van der Waals surface area contributed by atoms with E-state index in [-0.39, 0.29) is 22.3 Å². The van der Waals surface area contributed by atoms with Gasteiger partial charge in [-0.25, -0.2) is 0 Å². The number of piperidine rings is 1. The van der Waals surface area contributed by atoms with Crippen molar-refractivity contribution in [2.24, 2.45) is 22.5 Å². The molecule has 0 radical (unpaired) electrons. The van der Waals surface area contributed by atoms with Gasteiger partial charge in [0.25, 0.3) is 0 Å². The van der Waals surface area contributed by atoms with Gasteiger partial charge in [-0.2, -0.15) is 0 Å². The Morgan fingerprint density at radius 1 is 1.26 bits per heavy atom. The number of hydrogen-bond donors (Lipinski definition) is 1. The van der Waals surface area contributed by atoms with Gasteiger partial charge in [-0.3, -0.25) is 9.69 Å². The van der Waals surface area contributed by atoms with Crippen LogP contribution in [-0.4, -0.2) is 42.1 Å². The van der Waals surface area contributed by atoms with Crippen LogP contribution < -0.4 is 5.73 Å². The molecule has 4 heteroatoms. The molecule has 1 saturated heterocycles. The fraction of sp³-hybridized carbons (Fsp3) is 0.947. The zero-order valence-corrected chi connectivity index (χ0v) is 15.4. The van der Waals surface area contributed by atoms with Crippen LogP contribution in [-0.2, 0) is 9.53 Å². The van der Waals surface area contributed by atoms with E-state index in [0.717, 1.165) is 19.5 Å². The first kappa shape index (κ1) is 17.2. The van der Waals surface area contributed by atoms with Crippen LogP contribution >= 0.6 is 0 Å². The van der Waals surface area contributed by atoms with Gasteiger partial charge in [0, 0.05) is 0 Å². The summed E-state index contributed by atoms with van der Waals surface area (Å²) in [5, 5.41) is 0. The lowest BCUT2D eigenvalue weighted by atomic mass is 9.59. The number of fused-ring (bicyclic) bond motifs is 2. The zero-order chi connectivity index (χ0) is 16.9. The van der Waals surface area contributed by atoms with Gasteiger partial charge in [-0.1, -0.05) is 27.2 Å². The monoisotopic (exact) mass is 322 g/mol. The topological polar surface area (TPSA) is 55.6 Å². The molecule has 0 unspecified atom stereocenters. The second-order valence-electron chi connectivity index (χ2n) is 8.70. The Kier molecular flexibility index (Phi) is 4.29. The highest BCUT2D eigenvalue weighted by Crippen LogP contribution is 2.72. The molecule has 0 aromatic rings. The minimum atomic E-state index is -0.532. The van der Waals surface area contributed by atoms with E-state index in [4.69, 9.17) is 10.5 Å². The van der Waals surface area contributed by atoms with Crippen molar-refractivity contribution in [3.05, 3.63) is 0 Å². The highest BCUT2D eigenvalue weighted by molar-refractivity contribution is 5.78. The van der Waals surface area contributed by atoms with Crippen LogP contribution in [0.5, 0.6) is 0 Å². The summed E-state index contributed by atoms with van der Waals surface area (Å²) >= 11 is 0. The Morgan fingerprint density at radius 3 is 2.39 bits per heavy atom. The van der Waals surface area contributed by atoms with Crippen molar-refractivity contribution in [2.45, 2.75) is 77.8 Å². The first-order valence-electron chi connectivity index (χ1n) is 9.48.